The molecule has 1 aromatic rings. The normalized spacial score (nSPS) is 18.0. The number of sulfone groups is 1. The van der Waals surface area contributed by atoms with Crippen molar-refractivity contribution < 1.29 is 22.7 Å². The largest absolute Gasteiger partial charge is 0.451 e. The van der Waals surface area contributed by atoms with Crippen LogP contribution in [0.25, 0.3) is 6.08 Å². The first kappa shape index (κ1) is 22.4. The van der Waals surface area contributed by atoms with E-state index in [1.54, 1.807) is 25.1 Å². The molecule has 1 saturated heterocycles. The van der Waals surface area contributed by atoms with Gasteiger partial charge in [-0.05, 0) is 37.1 Å². The number of hydrogen-bond donors (Lipinski definition) is 0. The van der Waals surface area contributed by atoms with E-state index in [1.807, 2.05) is 31.1 Å². The SMILES string of the molecule is CCN(C(=O)COC(=O)/C(C#N)=C/c1ccc(N(C)C)cc1)C1CCS(=O)(=O)C1. The number of ether oxygens (including phenoxy) is 1. The number of esters is 1. The van der Waals surface area contributed by atoms with E-state index in [2.05, 4.69) is 0 Å². The van der Waals surface area contributed by atoms with Crippen LogP contribution in [0.15, 0.2) is 29.8 Å². The predicted octanol–water partition coefficient (Wildman–Crippen LogP) is 1.24. The zero-order valence-electron chi connectivity index (χ0n) is 16.8. The van der Waals surface area contributed by atoms with E-state index in [1.165, 1.54) is 11.0 Å². The maximum absolute atomic E-state index is 12.4. The third kappa shape index (κ3) is 6.06. The molecule has 0 radical (unpaired) electrons. The first-order valence-electron chi connectivity index (χ1n) is 9.23. The summed E-state index contributed by atoms with van der Waals surface area (Å²) in [5, 5.41) is 9.26. The van der Waals surface area contributed by atoms with Crippen LogP contribution in [0.5, 0.6) is 0 Å². The maximum atomic E-state index is 12.4. The zero-order chi connectivity index (χ0) is 21.6. The lowest BCUT2D eigenvalue weighted by atomic mass is 10.1. The van der Waals surface area contributed by atoms with Gasteiger partial charge in [-0.25, -0.2) is 13.2 Å². The summed E-state index contributed by atoms with van der Waals surface area (Å²) in [5.41, 5.74) is 1.41. The molecule has 0 aliphatic carbocycles. The van der Waals surface area contributed by atoms with Crippen molar-refractivity contribution in [1.82, 2.24) is 4.90 Å². The molecule has 1 aliphatic rings. The van der Waals surface area contributed by atoms with Crippen LogP contribution in [0.1, 0.15) is 18.9 Å². The molecule has 1 unspecified atom stereocenters. The Morgan fingerprint density at radius 2 is 1.93 bits per heavy atom. The Labute approximate surface area is 171 Å². The van der Waals surface area contributed by atoms with Gasteiger partial charge in [-0.2, -0.15) is 5.26 Å². The molecule has 1 atom stereocenters. The van der Waals surface area contributed by atoms with Gasteiger partial charge in [0.25, 0.3) is 5.91 Å². The van der Waals surface area contributed by atoms with Gasteiger partial charge in [0.2, 0.25) is 0 Å². The van der Waals surface area contributed by atoms with E-state index in [0.29, 0.717) is 18.5 Å². The number of anilines is 1. The summed E-state index contributed by atoms with van der Waals surface area (Å²) in [7, 11) is 0.674. The van der Waals surface area contributed by atoms with Crippen LogP contribution in [0.2, 0.25) is 0 Å². The van der Waals surface area contributed by atoms with E-state index in [-0.39, 0.29) is 17.1 Å². The van der Waals surface area contributed by atoms with E-state index in [9.17, 15) is 23.3 Å². The minimum Gasteiger partial charge on any atom is -0.451 e. The van der Waals surface area contributed by atoms with Crippen molar-refractivity contribution in [3.8, 4) is 6.07 Å². The molecule has 0 bridgehead atoms. The Morgan fingerprint density at radius 1 is 1.28 bits per heavy atom. The van der Waals surface area contributed by atoms with Gasteiger partial charge >= 0.3 is 5.97 Å². The van der Waals surface area contributed by atoms with Crippen molar-refractivity contribution >= 4 is 33.5 Å². The first-order chi connectivity index (χ1) is 13.7. The summed E-state index contributed by atoms with van der Waals surface area (Å²) in [5.74, 6) is -1.40. The van der Waals surface area contributed by atoms with E-state index < -0.39 is 34.4 Å². The average Bonchev–Trinajstić information content (AvgIpc) is 3.04. The molecule has 156 valence electrons. The van der Waals surface area contributed by atoms with Crippen molar-refractivity contribution in [3.05, 3.63) is 35.4 Å². The van der Waals surface area contributed by atoms with Gasteiger partial charge < -0.3 is 14.5 Å². The zero-order valence-corrected chi connectivity index (χ0v) is 17.6. The highest BCUT2D eigenvalue weighted by Crippen LogP contribution is 2.18. The number of nitrogens with zero attached hydrogens (tertiary/aromatic N) is 3. The Bertz CT molecular complexity index is 930. The molecule has 0 saturated carbocycles. The molecule has 0 aromatic heterocycles. The molecule has 8 nitrogen and oxygen atoms in total. The number of nitriles is 1. The van der Waals surface area contributed by atoms with Crippen LogP contribution >= 0.6 is 0 Å². The van der Waals surface area contributed by atoms with Crippen LogP contribution in [0.4, 0.5) is 5.69 Å². The lowest BCUT2D eigenvalue weighted by Crippen LogP contribution is -2.43. The molecule has 29 heavy (non-hydrogen) atoms. The average molecular weight is 420 g/mol. The summed E-state index contributed by atoms with van der Waals surface area (Å²) in [4.78, 5) is 27.9. The first-order valence-corrected chi connectivity index (χ1v) is 11.0. The Balaban J connectivity index is 2.00. The number of benzene rings is 1. The molecular formula is C20H25N3O5S. The van der Waals surface area contributed by atoms with Gasteiger partial charge in [0.15, 0.2) is 16.4 Å². The number of carbonyl (C=O) groups is 2. The molecule has 1 aromatic carbocycles. The predicted molar refractivity (Wildman–Crippen MR) is 110 cm³/mol. The Kier molecular flexibility index (Phi) is 7.40. The molecule has 1 heterocycles. The minimum absolute atomic E-state index is 0.0508. The van der Waals surface area contributed by atoms with Gasteiger partial charge in [-0.15, -0.1) is 0 Å². The van der Waals surface area contributed by atoms with Crippen molar-refractivity contribution in [1.29, 1.82) is 5.26 Å². The number of hydrogen-bond acceptors (Lipinski definition) is 7. The second kappa shape index (κ2) is 9.56. The minimum atomic E-state index is -3.13. The molecule has 0 spiro atoms. The van der Waals surface area contributed by atoms with E-state index >= 15 is 0 Å². The van der Waals surface area contributed by atoms with Gasteiger partial charge in [-0.3, -0.25) is 4.79 Å². The Morgan fingerprint density at radius 3 is 2.41 bits per heavy atom. The van der Waals surface area contributed by atoms with Crippen molar-refractivity contribution in [3.63, 3.8) is 0 Å². The van der Waals surface area contributed by atoms with Crippen LogP contribution in [-0.2, 0) is 24.2 Å². The monoisotopic (exact) mass is 419 g/mol. The summed E-state index contributed by atoms with van der Waals surface area (Å²) in [6.07, 6.45) is 1.77. The lowest BCUT2D eigenvalue weighted by molar-refractivity contribution is -0.149. The lowest BCUT2D eigenvalue weighted by Gasteiger charge is -2.26. The third-order valence-corrected chi connectivity index (χ3v) is 6.45. The van der Waals surface area contributed by atoms with Gasteiger partial charge in [-0.1, -0.05) is 12.1 Å². The van der Waals surface area contributed by atoms with Crippen LogP contribution in [-0.4, -0.2) is 70.0 Å². The quantitative estimate of drug-likeness (QED) is 0.372. The fraction of sp³-hybridized carbons (Fsp3) is 0.450. The smallest absolute Gasteiger partial charge is 0.349 e. The standard InChI is InChI=1S/C20H25N3O5S/c1-4-23(18-9-10-29(26,27)14-18)19(24)13-28-20(25)16(12-21)11-15-5-7-17(8-6-15)22(2)3/h5-8,11,18H,4,9-10,13-14H2,1-3H3/b16-11+. The number of likely N-dealkylation sites (N-methyl/N-ethyl adjacent to an activating group) is 1. The second-order valence-corrected chi connectivity index (χ2v) is 9.20. The molecule has 1 amide bonds. The van der Waals surface area contributed by atoms with Crippen molar-refractivity contribution in [2.45, 2.75) is 19.4 Å². The van der Waals surface area contributed by atoms with Crippen molar-refractivity contribution in [2.24, 2.45) is 0 Å². The van der Waals surface area contributed by atoms with Crippen molar-refractivity contribution in [2.75, 3.05) is 43.7 Å². The summed E-state index contributed by atoms with van der Waals surface area (Å²) in [6.45, 7) is 1.51. The highest BCUT2D eigenvalue weighted by atomic mass is 32.2. The number of amides is 1. The summed E-state index contributed by atoms with van der Waals surface area (Å²) in [6, 6.07) is 8.63. The molecular weight excluding hydrogens is 394 g/mol. The third-order valence-electron chi connectivity index (χ3n) is 4.70. The molecule has 2 rings (SSSR count). The summed E-state index contributed by atoms with van der Waals surface area (Å²) < 4.78 is 28.3. The maximum Gasteiger partial charge on any atom is 0.349 e. The van der Waals surface area contributed by atoms with E-state index in [4.69, 9.17) is 4.74 Å². The second-order valence-electron chi connectivity index (χ2n) is 6.97. The Hall–Kier alpha value is -2.86. The van der Waals surface area contributed by atoms with Crippen LogP contribution in [0, 0.1) is 11.3 Å². The molecule has 1 aliphatic heterocycles. The number of carbonyl (C=O) groups excluding carboxylic acids is 2. The summed E-state index contributed by atoms with van der Waals surface area (Å²) >= 11 is 0. The van der Waals surface area contributed by atoms with Gasteiger partial charge in [0.1, 0.15) is 11.6 Å². The fourth-order valence-electron chi connectivity index (χ4n) is 3.12. The number of rotatable bonds is 7. The molecule has 9 heteroatoms. The topological polar surface area (TPSA) is 108 Å². The van der Waals surface area contributed by atoms with Crippen LogP contribution < -0.4 is 4.90 Å². The molecule has 0 N–H and O–H groups in total. The highest BCUT2D eigenvalue weighted by Gasteiger charge is 2.34. The molecule has 1 fully saturated rings. The fourth-order valence-corrected chi connectivity index (χ4v) is 4.85. The van der Waals surface area contributed by atoms with Crippen LogP contribution in [0.3, 0.4) is 0 Å². The van der Waals surface area contributed by atoms with Gasteiger partial charge in [0, 0.05) is 32.4 Å². The van der Waals surface area contributed by atoms with Gasteiger partial charge in [0.05, 0.1) is 11.5 Å². The van der Waals surface area contributed by atoms with E-state index in [0.717, 1.165) is 5.69 Å². The highest BCUT2D eigenvalue weighted by molar-refractivity contribution is 7.91.